The van der Waals surface area contributed by atoms with E-state index in [1.165, 1.54) is 0 Å². The second-order valence-electron chi connectivity index (χ2n) is 6.00. The Balaban J connectivity index is 1.49. The summed E-state index contributed by atoms with van der Waals surface area (Å²) in [5.41, 5.74) is 3.07. The van der Waals surface area contributed by atoms with E-state index in [1.807, 2.05) is 25.3 Å². The van der Waals surface area contributed by atoms with E-state index in [9.17, 15) is 0 Å². The number of rotatable bonds is 3. The first kappa shape index (κ1) is 13.9. The third-order valence-corrected chi connectivity index (χ3v) is 4.62. The minimum absolute atomic E-state index is 0.433. The van der Waals surface area contributed by atoms with Gasteiger partial charge in [-0.2, -0.15) is 5.10 Å². The minimum Gasteiger partial charge on any atom is -0.353 e. The average Bonchev–Trinajstić information content (AvgIpc) is 2.97. The summed E-state index contributed by atoms with van der Waals surface area (Å²) in [4.78, 5) is 17.8. The highest BCUT2D eigenvalue weighted by molar-refractivity contribution is 5.54. The topological polar surface area (TPSA) is 62.5 Å². The van der Waals surface area contributed by atoms with E-state index in [2.05, 4.69) is 43.8 Å². The van der Waals surface area contributed by atoms with Crippen molar-refractivity contribution in [3.8, 4) is 0 Å². The van der Waals surface area contributed by atoms with Crippen molar-refractivity contribution in [2.24, 2.45) is 0 Å². The number of nitrogens with zero attached hydrogens (tertiary/aromatic N) is 7. The number of anilines is 2. The fourth-order valence-corrected chi connectivity index (χ4v) is 2.90. The number of likely N-dealkylation sites (N-methyl/N-ethyl adjacent to an activating group) is 1. The third-order valence-electron chi connectivity index (χ3n) is 4.62. The van der Waals surface area contributed by atoms with Crippen LogP contribution in [-0.2, 0) is 0 Å². The molecule has 3 aromatic heterocycles. The maximum absolute atomic E-state index is 4.65. The lowest BCUT2D eigenvalue weighted by molar-refractivity contribution is 0.488. The normalized spacial score (nSPS) is 15.0. The second kappa shape index (κ2) is 5.19. The number of aromatic nitrogens is 5. The Morgan fingerprint density at radius 1 is 1.17 bits per heavy atom. The minimum atomic E-state index is 0.433. The van der Waals surface area contributed by atoms with Crippen LogP contribution >= 0.6 is 0 Å². The van der Waals surface area contributed by atoms with Crippen LogP contribution in [0.25, 0.3) is 5.65 Å². The van der Waals surface area contributed by atoms with Crippen molar-refractivity contribution in [3.05, 3.63) is 42.1 Å². The first-order valence-corrected chi connectivity index (χ1v) is 7.70. The number of hydrogen-bond donors (Lipinski definition) is 0. The van der Waals surface area contributed by atoms with Crippen LogP contribution in [0, 0.1) is 13.8 Å². The highest BCUT2D eigenvalue weighted by Crippen LogP contribution is 2.27. The van der Waals surface area contributed by atoms with E-state index in [4.69, 9.17) is 0 Å². The van der Waals surface area contributed by atoms with Gasteiger partial charge in [0, 0.05) is 43.7 Å². The second-order valence-corrected chi connectivity index (χ2v) is 6.00. The molecule has 3 aromatic rings. The quantitative estimate of drug-likeness (QED) is 0.730. The predicted molar refractivity (Wildman–Crippen MR) is 88.9 cm³/mol. The summed E-state index contributed by atoms with van der Waals surface area (Å²) in [6, 6.07) is 4.35. The molecule has 0 amide bonds. The van der Waals surface area contributed by atoms with Gasteiger partial charge >= 0.3 is 0 Å². The third kappa shape index (κ3) is 2.28. The Labute approximate surface area is 134 Å². The highest BCUT2D eigenvalue weighted by atomic mass is 15.4. The molecule has 0 N–H and O–H groups in total. The van der Waals surface area contributed by atoms with Gasteiger partial charge in [-0.25, -0.2) is 19.5 Å². The smallest absolute Gasteiger partial charge is 0.157 e. The van der Waals surface area contributed by atoms with Crippen molar-refractivity contribution < 1.29 is 0 Å². The van der Waals surface area contributed by atoms with Crippen molar-refractivity contribution >= 4 is 17.3 Å². The van der Waals surface area contributed by atoms with E-state index in [1.54, 1.807) is 17.0 Å². The summed E-state index contributed by atoms with van der Waals surface area (Å²) in [6.45, 7) is 5.99. The molecule has 1 fully saturated rings. The van der Waals surface area contributed by atoms with E-state index < -0.39 is 0 Å². The molecule has 1 saturated heterocycles. The van der Waals surface area contributed by atoms with Crippen molar-refractivity contribution in [1.82, 2.24) is 24.6 Å². The van der Waals surface area contributed by atoms with Gasteiger partial charge < -0.3 is 9.80 Å². The van der Waals surface area contributed by atoms with Gasteiger partial charge in [-0.1, -0.05) is 0 Å². The molecule has 7 nitrogen and oxygen atoms in total. The maximum atomic E-state index is 4.65. The van der Waals surface area contributed by atoms with Crippen molar-refractivity contribution in [2.45, 2.75) is 19.9 Å². The Morgan fingerprint density at radius 2 is 2.00 bits per heavy atom. The zero-order chi connectivity index (χ0) is 16.0. The molecule has 0 saturated carbocycles. The fraction of sp³-hybridized carbons (Fsp3) is 0.375. The summed E-state index contributed by atoms with van der Waals surface area (Å²) >= 11 is 0. The molecule has 23 heavy (non-hydrogen) atoms. The SMILES string of the molecule is Cc1ncnc(N2CC(N(C)c3ccn4nccc4n3)C2)c1C. The fourth-order valence-electron chi connectivity index (χ4n) is 2.90. The first-order valence-electron chi connectivity index (χ1n) is 7.70. The monoisotopic (exact) mass is 309 g/mol. The molecular weight excluding hydrogens is 290 g/mol. The van der Waals surface area contributed by atoms with Crippen LogP contribution in [0.1, 0.15) is 11.3 Å². The van der Waals surface area contributed by atoms with Crippen LogP contribution in [0.4, 0.5) is 11.6 Å². The molecule has 0 spiro atoms. The Hall–Kier alpha value is -2.70. The van der Waals surface area contributed by atoms with E-state index in [0.29, 0.717) is 6.04 Å². The number of hydrogen-bond acceptors (Lipinski definition) is 6. The van der Waals surface area contributed by atoms with Gasteiger partial charge in [-0.05, 0) is 19.9 Å². The van der Waals surface area contributed by atoms with Gasteiger partial charge in [0.25, 0.3) is 0 Å². The summed E-state index contributed by atoms with van der Waals surface area (Å²) in [5, 5.41) is 4.18. The van der Waals surface area contributed by atoms with Gasteiger partial charge in [-0.15, -0.1) is 0 Å². The highest BCUT2D eigenvalue weighted by Gasteiger charge is 2.32. The summed E-state index contributed by atoms with van der Waals surface area (Å²) < 4.78 is 1.78. The molecule has 4 heterocycles. The van der Waals surface area contributed by atoms with Gasteiger partial charge in [0.15, 0.2) is 5.65 Å². The summed E-state index contributed by atoms with van der Waals surface area (Å²) in [6.07, 6.45) is 5.35. The molecular formula is C16H19N7. The zero-order valence-electron chi connectivity index (χ0n) is 13.5. The van der Waals surface area contributed by atoms with Crippen molar-refractivity contribution in [3.63, 3.8) is 0 Å². The van der Waals surface area contributed by atoms with Crippen LogP contribution in [-0.4, -0.2) is 50.7 Å². The molecule has 0 atom stereocenters. The van der Waals surface area contributed by atoms with Gasteiger partial charge in [0.05, 0.1) is 12.2 Å². The van der Waals surface area contributed by atoms with Crippen molar-refractivity contribution in [1.29, 1.82) is 0 Å². The molecule has 1 aliphatic heterocycles. The molecule has 118 valence electrons. The standard InChI is InChI=1S/C16H19N7/c1-11-12(2)17-10-18-16(11)22-8-13(9-22)21(3)14-5-7-23-15(20-14)4-6-19-23/h4-7,10,13H,8-9H2,1-3H3. The van der Waals surface area contributed by atoms with Crippen LogP contribution < -0.4 is 9.80 Å². The van der Waals surface area contributed by atoms with E-state index in [0.717, 1.165) is 41.6 Å². The molecule has 0 unspecified atom stereocenters. The lowest BCUT2D eigenvalue weighted by Gasteiger charge is -2.45. The molecule has 0 bridgehead atoms. The number of fused-ring (bicyclic) bond motifs is 1. The lowest BCUT2D eigenvalue weighted by atomic mass is 10.1. The largest absolute Gasteiger partial charge is 0.353 e. The molecule has 4 rings (SSSR count). The average molecular weight is 309 g/mol. The molecule has 7 heteroatoms. The van der Waals surface area contributed by atoms with Gasteiger partial charge in [0.1, 0.15) is 18.0 Å². The number of aryl methyl sites for hydroxylation is 1. The molecule has 0 radical (unpaired) electrons. The van der Waals surface area contributed by atoms with E-state index in [-0.39, 0.29) is 0 Å². The Morgan fingerprint density at radius 3 is 2.83 bits per heavy atom. The molecule has 0 aromatic carbocycles. The summed E-state index contributed by atoms with van der Waals surface area (Å²) in [5.74, 6) is 2.01. The summed E-state index contributed by atoms with van der Waals surface area (Å²) in [7, 11) is 2.09. The predicted octanol–water partition coefficient (Wildman–Crippen LogP) is 1.46. The Kier molecular flexibility index (Phi) is 3.14. The van der Waals surface area contributed by atoms with Crippen LogP contribution in [0.2, 0.25) is 0 Å². The van der Waals surface area contributed by atoms with Crippen LogP contribution in [0.5, 0.6) is 0 Å². The van der Waals surface area contributed by atoms with Crippen LogP contribution in [0.3, 0.4) is 0 Å². The zero-order valence-corrected chi connectivity index (χ0v) is 13.5. The maximum Gasteiger partial charge on any atom is 0.157 e. The van der Waals surface area contributed by atoms with Crippen molar-refractivity contribution in [2.75, 3.05) is 29.9 Å². The molecule has 0 aliphatic carbocycles. The van der Waals surface area contributed by atoms with Gasteiger partial charge in [-0.3, -0.25) is 0 Å². The Bertz CT molecular complexity index is 851. The molecule has 1 aliphatic rings. The van der Waals surface area contributed by atoms with E-state index >= 15 is 0 Å². The lowest BCUT2D eigenvalue weighted by Crippen LogP contribution is -2.59. The first-order chi connectivity index (χ1) is 11.1. The van der Waals surface area contributed by atoms with Gasteiger partial charge in [0.2, 0.25) is 0 Å². The van der Waals surface area contributed by atoms with Crippen LogP contribution in [0.15, 0.2) is 30.9 Å².